The van der Waals surface area contributed by atoms with Crippen LogP contribution in [0.25, 0.3) is 0 Å². The fourth-order valence-corrected chi connectivity index (χ4v) is 5.68. The topological polar surface area (TPSA) is 112 Å². The minimum absolute atomic E-state index is 0.0106. The molecule has 1 aromatic rings. The quantitative estimate of drug-likeness (QED) is 0.0285. The summed E-state index contributed by atoms with van der Waals surface area (Å²) in [5.41, 5.74) is 0. The Morgan fingerprint density at radius 2 is 1.23 bits per heavy atom. The summed E-state index contributed by atoms with van der Waals surface area (Å²) in [7, 11) is -4.33. The highest BCUT2D eigenvalue weighted by atomic mass is 31.2. The summed E-state index contributed by atoms with van der Waals surface area (Å²) in [6.07, 6.45) is 24.7. The molecular formula is C34H61NO8P+. The van der Waals surface area contributed by atoms with E-state index in [1.807, 2.05) is 35.2 Å². The maximum absolute atomic E-state index is 12.3. The molecule has 2 unspecified atom stereocenters. The molecule has 254 valence electrons. The van der Waals surface area contributed by atoms with E-state index in [9.17, 15) is 19.0 Å². The van der Waals surface area contributed by atoms with E-state index >= 15 is 0 Å². The monoisotopic (exact) mass is 642 g/mol. The van der Waals surface area contributed by atoms with Gasteiger partial charge in [-0.05, 0) is 19.8 Å². The van der Waals surface area contributed by atoms with Crippen LogP contribution in [0.15, 0.2) is 30.6 Å². The number of aryl methyl sites for hydroxylation is 1. The average molecular weight is 643 g/mol. The average Bonchev–Trinajstić information content (AvgIpc) is 2.99. The van der Waals surface area contributed by atoms with Crippen molar-refractivity contribution >= 4 is 19.6 Å². The molecule has 0 bridgehead atoms. The minimum Gasteiger partial charge on any atom is -0.457 e. The molecule has 1 aromatic heterocycles. The van der Waals surface area contributed by atoms with Crippen LogP contribution in [-0.4, -0.2) is 49.2 Å². The minimum atomic E-state index is -4.33. The van der Waals surface area contributed by atoms with Gasteiger partial charge in [-0.1, -0.05) is 109 Å². The van der Waals surface area contributed by atoms with Gasteiger partial charge in [-0.2, -0.15) is 0 Å². The lowest BCUT2D eigenvalue weighted by atomic mass is 10.0. The number of unbranched alkanes of at least 4 members (excludes halogenated alkanes) is 16. The van der Waals surface area contributed by atoms with Crippen LogP contribution >= 0.6 is 7.82 Å². The van der Waals surface area contributed by atoms with Crippen molar-refractivity contribution < 1.29 is 42.1 Å². The first-order chi connectivity index (χ1) is 21.3. The fraction of sp³-hybridized carbons (Fsp3) is 0.794. The molecule has 0 saturated carbocycles. The van der Waals surface area contributed by atoms with Gasteiger partial charge in [-0.3, -0.25) is 18.6 Å². The number of ether oxygens (including phenoxy) is 2. The molecule has 9 nitrogen and oxygen atoms in total. The molecule has 1 N–H and O–H groups in total. The van der Waals surface area contributed by atoms with Crippen LogP contribution in [-0.2, 0) is 39.2 Å². The van der Waals surface area contributed by atoms with Gasteiger partial charge in [0.2, 0.25) is 0 Å². The summed E-state index contributed by atoms with van der Waals surface area (Å²) < 4.78 is 35.5. The van der Waals surface area contributed by atoms with Crippen molar-refractivity contribution in [3.63, 3.8) is 0 Å². The molecule has 0 radical (unpaired) electrons. The molecule has 44 heavy (non-hydrogen) atoms. The van der Waals surface area contributed by atoms with Crippen LogP contribution in [0.4, 0.5) is 0 Å². The van der Waals surface area contributed by atoms with Crippen molar-refractivity contribution in [1.82, 2.24) is 0 Å². The zero-order chi connectivity index (χ0) is 32.1. The number of nitrogens with zero attached hydrogens (tertiary/aromatic N) is 1. The van der Waals surface area contributed by atoms with Gasteiger partial charge in [-0.25, -0.2) is 9.13 Å². The Labute approximate surface area is 267 Å². The van der Waals surface area contributed by atoms with Gasteiger partial charge < -0.3 is 14.4 Å². The molecule has 0 aliphatic heterocycles. The van der Waals surface area contributed by atoms with Crippen LogP contribution < -0.4 is 4.57 Å². The zero-order valence-electron chi connectivity index (χ0n) is 27.6. The summed E-state index contributed by atoms with van der Waals surface area (Å²) in [6.45, 7) is 4.53. The van der Waals surface area contributed by atoms with Crippen LogP contribution in [0.5, 0.6) is 0 Å². The first-order valence-corrected chi connectivity index (χ1v) is 18.6. The molecule has 0 aromatic carbocycles. The second kappa shape index (κ2) is 27.7. The van der Waals surface area contributed by atoms with E-state index in [1.54, 1.807) is 0 Å². The lowest BCUT2D eigenvalue weighted by Crippen LogP contribution is -2.32. The van der Waals surface area contributed by atoms with Crippen molar-refractivity contribution in [3.05, 3.63) is 30.6 Å². The Bertz CT molecular complexity index is 885. The van der Waals surface area contributed by atoms with Crippen LogP contribution in [0.3, 0.4) is 0 Å². The van der Waals surface area contributed by atoms with E-state index in [2.05, 4.69) is 6.92 Å². The van der Waals surface area contributed by atoms with Crippen LogP contribution in [0.1, 0.15) is 136 Å². The van der Waals surface area contributed by atoms with Crippen molar-refractivity contribution in [2.24, 2.45) is 0 Å². The molecule has 10 heteroatoms. The van der Waals surface area contributed by atoms with E-state index in [0.29, 0.717) is 13.0 Å². The number of aromatic nitrogens is 1. The summed E-state index contributed by atoms with van der Waals surface area (Å²) in [5, 5.41) is 0. The Hall–Kier alpha value is -1.64. The summed E-state index contributed by atoms with van der Waals surface area (Å²) in [5.74, 6) is -1.04. The first kappa shape index (κ1) is 40.4. The molecular weight excluding hydrogens is 581 g/mol. The predicted molar refractivity (Wildman–Crippen MR) is 173 cm³/mol. The first-order valence-electron chi connectivity index (χ1n) is 17.1. The number of hydrogen-bond acceptors (Lipinski definition) is 7. The Balaban J connectivity index is 2.13. The number of rotatable bonds is 31. The highest BCUT2D eigenvalue weighted by molar-refractivity contribution is 7.47. The number of hydrogen-bond donors (Lipinski definition) is 1. The Morgan fingerprint density at radius 1 is 0.705 bits per heavy atom. The summed E-state index contributed by atoms with van der Waals surface area (Å²) >= 11 is 0. The third kappa shape index (κ3) is 25.7. The Kier molecular flexibility index (Phi) is 25.4. The van der Waals surface area contributed by atoms with E-state index < -0.39 is 19.9 Å². The van der Waals surface area contributed by atoms with E-state index in [4.69, 9.17) is 18.5 Å². The molecule has 1 heterocycles. The number of pyridine rings is 1. The molecule has 0 aliphatic carbocycles. The molecule has 2 atom stereocenters. The highest BCUT2D eigenvalue weighted by Gasteiger charge is 2.25. The van der Waals surface area contributed by atoms with Gasteiger partial charge in [0.25, 0.3) is 0 Å². The smallest absolute Gasteiger partial charge is 0.457 e. The maximum atomic E-state index is 12.3. The number of Topliss-reactive ketones (excluding diaryl/α,β-unsaturated/α-hetero) is 1. The number of ketones is 1. The molecule has 0 saturated heterocycles. The van der Waals surface area contributed by atoms with Gasteiger partial charge >= 0.3 is 13.8 Å². The molecule has 0 spiro atoms. The molecule has 0 amide bonds. The van der Waals surface area contributed by atoms with Crippen molar-refractivity contribution in [1.29, 1.82) is 0 Å². The lowest BCUT2D eigenvalue weighted by Gasteiger charge is -2.19. The van der Waals surface area contributed by atoms with E-state index in [-0.39, 0.29) is 32.0 Å². The van der Waals surface area contributed by atoms with Crippen LogP contribution in [0.2, 0.25) is 0 Å². The van der Waals surface area contributed by atoms with Gasteiger partial charge in [0.1, 0.15) is 24.9 Å². The standard InChI is InChI=1S/C34H60NO8P/c1-3-4-5-6-7-8-9-10-11-12-13-14-15-16-17-22-27-40-30-33(43-34(37)29-32(2)36)31-42-44(38,39)41-28-23-21-26-35-24-19-18-20-25-35/h18-20,24-25,33H,3-17,21-23,26-31H2,1-2H3/p+1. The number of esters is 1. The van der Waals surface area contributed by atoms with Crippen molar-refractivity contribution in [3.8, 4) is 0 Å². The van der Waals surface area contributed by atoms with Gasteiger partial charge in [0, 0.05) is 25.2 Å². The van der Waals surface area contributed by atoms with Crippen molar-refractivity contribution in [2.75, 3.05) is 26.4 Å². The predicted octanol–water partition coefficient (Wildman–Crippen LogP) is 8.06. The third-order valence-electron chi connectivity index (χ3n) is 7.40. The highest BCUT2D eigenvalue weighted by Crippen LogP contribution is 2.43. The number of phosphoric ester groups is 1. The lowest BCUT2D eigenvalue weighted by molar-refractivity contribution is -0.697. The molecule has 1 rings (SSSR count). The number of carbonyl (C=O) groups is 2. The summed E-state index contributed by atoms with van der Waals surface area (Å²) in [4.78, 5) is 33.4. The third-order valence-corrected chi connectivity index (χ3v) is 8.39. The van der Waals surface area contributed by atoms with Gasteiger partial charge in [0.15, 0.2) is 12.4 Å². The van der Waals surface area contributed by atoms with E-state index in [0.717, 1.165) is 32.2 Å². The van der Waals surface area contributed by atoms with Crippen molar-refractivity contribution in [2.45, 2.75) is 148 Å². The second-order valence-electron chi connectivity index (χ2n) is 11.8. The largest absolute Gasteiger partial charge is 0.472 e. The number of carbonyl (C=O) groups excluding carboxylic acids is 2. The van der Waals surface area contributed by atoms with E-state index in [1.165, 1.54) is 90.4 Å². The molecule has 0 aliphatic rings. The number of phosphoric acid groups is 1. The Morgan fingerprint density at radius 3 is 1.77 bits per heavy atom. The SMILES string of the molecule is CCCCCCCCCCCCCCCCCCOCC(COP(=O)(O)OCCCC[n+]1ccccc1)OC(=O)CC(C)=O. The summed E-state index contributed by atoms with van der Waals surface area (Å²) in [6, 6.07) is 5.82. The maximum Gasteiger partial charge on any atom is 0.472 e. The van der Waals surface area contributed by atoms with Gasteiger partial charge in [-0.15, -0.1) is 0 Å². The normalized spacial score (nSPS) is 13.4. The second-order valence-corrected chi connectivity index (χ2v) is 13.2. The fourth-order valence-electron chi connectivity index (χ4n) is 4.89. The van der Waals surface area contributed by atoms with Gasteiger partial charge in [0.05, 0.1) is 19.8 Å². The van der Waals surface area contributed by atoms with Crippen LogP contribution in [0, 0.1) is 0 Å². The molecule has 0 fully saturated rings. The zero-order valence-corrected chi connectivity index (χ0v) is 28.5.